The first-order chi connectivity index (χ1) is 8.15. The maximum atomic E-state index is 12.8. The number of carbonyl (C=O) groups is 1. The minimum Gasteiger partial charge on any atom is -0.394 e. The average Bonchev–Trinajstić information content (AvgIpc) is 2.33. The molecule has 0 radical (unpaired) electrons. The van der Waals surface area contributed by atoms with Crippen LogP contribution in [-0.2, 0) is 4.79 Å². The zero-order valence-electron chi connectivity index (χ0n) is 9.69. The van der Waals surface area contributed by atoms with Crippen molar-refractivity contribution in [3.8, 4) is 0 Å². The van der Waals surface area contributed by atoms with Crippen molar-refractivity contribution in [3.63, 3.8) is 0 Å². The normalized spacial score (nSPS) is 12.6. The number of nitrogens with one attached hydrogen (secondary N) is 1. The third-order valence-corrected chi connectivity index (χ3v) is 2.34. The first-order valence-electron chi connectivity index (χ1n) is 5.50. The van der Waals surface area contributed by atoms with E-state index in [0.717, 1.165) is 0 Å². The van der Waals surface area contributed by atoms with Gasteiger partial charge in [-0.2, -0.15) is 0 Å². The summed E-state index contributed by atoms with van der Waals surface area (Å²) in [5.74, 6) is -0.635. The molecule has 1 aromatic rings. The number of halogens is 1. The summed E-state index contributed by atoms with van der Waals surface area (Å²) in [4.78, 5) is 11.4. The zero-order chi connectivity index (χ0) is 12.7. The van der Waals surface area contributed by atoms with Gasteiger partial charge in [0.25, 0.3) is 0 Å². The lowest BCUT2D eigenvalue weighted by Gasteiger charge is -2.11. The van der Waals surface area contributed by atoms with Crippen LogP contribution in [0.1, 0.15) is 18.9 Å². The van der Waals surface area contributed by atoms with Gasteiger partial charge in [-0.25, -0.2) is 4.39 Å². The molecule has 0 saturated carbocycles. The molecule has 1 unspecified atom stereocenters. The number of hydrogen-bond donors (Lipinski definition) is 2. The highest BCUT2D eigenvalue weighted by Crippen LogP contribution is 2.05. The minimum atomic E-state index is -0.339. The fourth-order valence-corrected chi connectivity index (χ4v) is 1.31. The first kappa shape index (κ1) is 13.4. The Morgan fingerprint density at radius 1 is 1.59 bits per heavy atom. The predicted octanol–water partition coefficient (Wildman–Crippen LogP) is 1.73. The summed E-state index contributed by atoms with van der Waals surface area (Å²) in [6, 6.07) is 5.73. The molecule has 0 aliphatic rings. The first-order valence-corrected chi connectivity index (χ1v) is 5.50. The third-order valence-electron chi connectivity index (χ3n) is 2.34. The Morgan fingerprint density at radius 3 is 2.94 bits per heavy atom. The summed E-state index contributed by atoms with van der Waals surface area (Å²) >= 11 is 0. The van der Waals surface area contributed by atoms with E-state index in [0.29, 0.717) is 12.0 Å². The summed E-state index contributed by atoms with van der Waals surface area (Å²) in [5, 5.41) is 11.5. The Hall–Kier alpha value is -1.68. The maximum Gasteiger partial charge on any atom is 0.244 e. The van der Waals surface area contributed by atoms with E-state index in [1.54, 1.807) is 12.1 Å². The maximum absolute atomic E-state index is 12.8. The summed E-state index contributed by atoms with van der Waals surface area (Å²) < 4.78 is 12.8. The quantitative estimate of drug-likeness (QED) is 0.766. The van der Waals surface area contributed by atoms with Crippen LogP contribution < -0.4 is 5.32 Å². The van der Waals surface area contributed by atoms with Gasteiger partial charge in [-0.3, -0.25) is 4.79 Å². The molecular formula is C13H16FNO2. The molecule has 0 heterocycles. The minimum absolute atomic E-state index is 0.0873. The molecule has 0 fully saturated rings. The summed E-state index contributed by atoms with van der Waals surface area (Å²) in [6.07, 6.45) is 3.52. The Bertz CT molecular complexity index is 400. The van der Waals surface area contributed by atoms with E-state index in [2.05, 4.69) is 5.32 Å². The number of amides is 1. The Morgan fingerprint density at radius 2 is 2.35 bits per heavy atom. The fraction of sp³-hybridized carbons (Fsp3) is 0.308. The molecule has 0 bridgehead atoms. The number of benzene rings is 1. The lowest BCUT2D eigenvalue weighted by molar-refractivity contribution is -0.117. The van der Waals surface area contributed by atoms with Gasteiger partial charge in [-0.05, 0) is 30.2 Å². The van der Waals surface area contributed by atoms with E-state index in [1.807, 2.05) is 6.92 Å². The number of carbonyl (C=O) groups excluding carboxylic acids is 1. The average molecular weight is 237 g/mol. The fourth-order valence-electron chi connectivity index (χ4n) is 1.31. The van der Waals surface area contributed by atoms with Gasteiger partial charge in [0.2, 0.25) is 5.91 Å². The highest BCUT2D eigenvalue weighted by molar-refractivity contribution is 5.91. The second-order valence-electron chi connectivity index (χ2n) is 3.68. The molecule has 0 aliphatic carbocycles. The second kappa shape index (κ2) is 6.81. The van der Waals surface area contributed by atoms with Crippen LogP contribution >= 0.6 is 0 Å². The molecule has 1 amide bonds. The van der Waals surface area contributed by atoms with E-state index in [-0.39, 0.29) is 24.4 Å². The van der Waals surface area contributed by atoms with Crippen molar-refractivity contribution in [2.45, 2.75) is 19.4 Å². The van der Waals surface area contributed by atoms with Crippen molar-refractivity contribution >= 4 is 12.0 Å². The van der Waals surface area contributed by atoms with E-state index in [1.165, 1.54) is 24.3 Å². The van der Waals surface area contributed by atoms with Crippen LogP contribution in [-0.4, -0.2) is 23.7 Å². The van der Waals surface area contributed by atoms with Gasteiger partial charge < -0.3 is 10.4 Å². The van der Waals surface area contributed by atoms with Crippen molar-refractivity contribution in [3.05, 3.63) is 41.7 Å². The Kier molecular flexibility index (Phi) is 5.36. The molecule has 17 heavy (non-hydrogen) atoms. The van der Waals surface area contributed by atoms with E-state index in [4.69, 9.17) is 5.11 Å². The highest BCUT2D eigenvalue weighted by atomic mass is 19.1. The van der Waals surface area contributed by atoms with Gasteiger partial charge in [-0.1, -0.05) is 19.1 Å². The Labute approximate surface area is 100.0 Å². The molecule has 2 N–H and O–H groups in total. The van der Waals surface area contributed by atoms with Gasteiger partial charge in [-0.15, -0.1) is 0 Å². The van der Waals surface area contributed by atoms with Crippen LogP contribution in [0.3, 0.4) is 0 Å². The lowest BCUT2D eigenvalue weighted by atomic mass is 10.2. The molecule has 0 aliphatic heterocycles. The van der Waals surface area contributed by atoms with Gasteiger partial charge in [0.05, 0.1) is 12.6 Å². The van der Waals surface area contributed by atoms with Crippen molar-refractivity contribution in [1.82, 2.24) is 5.32 Å². The zero-order valence-corrected chi connectivity index (χ0v) is 9.69. The molecule has 1 atom stereocenters. The largest absolute Gasteiger partial charge is 0.394 e. The van der Waals surface area contributed by atoms with Crippen LogP contribution in [0, 0.1) is 5.82 Å². The van der Waals surface area contributed by atoms with Gasteiger partial charge >= 0.3 is 0 Å². The number of aliphatic hydroxyl groups is 1. The van der Waals surface area contributed by atoms with Gasteiger partial charge in [0.1, 0.15) is 5.82 Å². The van der Waals surface area contributed by atoms with Crippen LogP contribution in [0.15, 0.2) is 30.3 Å². The molecule has 4 heteroatoms. The molecule has 92 valence electrons. The molecule has 0 saturated heterocycles. The Balaban J connectivity index is 2.56. The van der Waals surface area contributed by atoms with Crippen molar-refractivity contribution in [2.75, 3.05) is 6.61 Å². The van der Waals surface area contributed by atoms with Gasteiger partial charge in [0.15, 0.2) is 0 Å². The van der Waals surface area contributed by atoms with Crippen molar-refractivity contribution in [2.24, 2.45) is 0 Å². The number of aliphatic hydroxyl groups excluding tert-OH is 1. The van der Waals surface area contributed by atoms with Crippen LogP contribution in [0.4, 0.5) is 4.39 Å². The summed E-state index contributed by atoms with van der Waals surface area (Å²) in [6.45, 7) is 1.79. The van der Waals surface area contributed by atoms with E-state index in [9.17, 15) is 9.18 Å². The number of rotatable bonds is 5. The summed E-state index contributed by atoms with van der Waals surface area (Å²) in [5.41, 5.74) is 0.622. The van der Waals surface area contributed by atoms with Crippen LogP contribution in [0.25, 0.3) is 6.08 Å². The van der Waals surface area contributed by atoms with Gasteiger partial charge in [0, 0.05) is 6.08 Å². The molecule has 0 aromatic heterocycles. The molecule has 3 nitrogen and oxygen atoms in total. The molecule has 1 aromatic carbocycles. The van der Waals surface area contributed by atoms with Crippen molar-refractivity contribution in [1.29, 1.82) is 0 Å². The standard InChI is InChI=1S/C13H16FNO2/c1-2-12(9-16)15-13(17)7-6-10-4-3-5-11(14)8-10/h3-8,12,16H,2,9H2,1H3,(H,15,17)/b7-6+. The SMILES string of the molecule is CCC(CO)NC(=O)/C=C/c1cccc(F)c1. The molecular weight excluding hydrogens is 221 g/mol. The summed E-state index contributed by atoms with van der Waals surface area (Å²) in [7, 11) is 0. The molecule has 1 rings (SSSR count). The third kappa shape index (κ3) is 4.78. The topological polar surface area (TPSA) is 49.3 Å². The number of hydrogen-bond acceptors (Lipinski definition) is 2. The highest BCUT2D eigenvalue weighted by Gasteiger charge is 2.05. The van der Waals surface area contributed by atoms with Crippen LogP contribution in [0.2, 0.25) is 0 Å². The van der Waals surface area contributed by atoms with Crippen molar-refractivity contribution < 1.29 is 14.3 Å². The molecule has 0 spiro atoms. The lowest BCUT2D eigenvalue weighted by Crippen LogP contribution is -2.35. The monoisotopic (exact) mass is 237 g/mol. The van der Waals surface area contributed by atoms with E-state index < -0.39 is 0 Å². The predicted molar refractivity (Wildman–Crippen MR) is 64.7 cm³/mol. The smallest absolute Gasteiger partial charge is 0.244 e. The second-order valence-corrected chi connectivity index (χ2v) is 3.68. The van der Waals surface area contributed by atoms with Crippen LogP contribution in [0.5, 0.6) is 0 Å². The van der Waals surface area contributed by atoms with E-state index >= 15 is 0 Å².